The molecule has 0 aliphatic rings. The van der Waals surface area contributed by atoms with Crippen molar-refractivity contribution in [2.75, 3.05) is 13.7 Å². The Bertz CT molecular complexity index is 1290. The molecular weight excluding hydrogens is 394 g/mol. The Morgan fingerprint density at radius 2 is 1.87 bits per heavy atom. The third kappa shape index (κ3) is 4.12. The molecule has 158 valence electrons. The molecule has 4 rings (SSSR count). The number of benzene rings is 2. The van der Waals surface area contributed by atoms with Gasteiger partial charge in [-0.3, -0.25) is 9.59 Å². The zero-order valence-corrected chi connectivity index (χ0v) is 17.7. The number of esters is 1. The number of rotatable bonds is 7. The number of nitrogens with zero attached hydrogens (tertiary/aromatic N) is 3. The predicted octanol–water partition coefficient (Wildman–Crippen LogP) is 3.87. The van der Waals surface area contributed by atoms with E-state index in [9.17, 15) is 9.59 Å². The van der Waals surface area contributed by atoms with E-state index < -0.39 is 5.97 Å². The number of hydrogen-bond acceptors (Lipinski definition) is 6. The summed E-state index contributed by atoms with van der Waals surface area (Å²) in [6.07, 6.45) is 0.615. The van der Waals surface area contributed by atoms with Crippen molar-refractivity contribution in [3.8, 4) is 5.75 Å². The molecule has 7 nitrogen and oxygen atoms in total. The van der Waals surface area contributed by atoms with Gasteiger partial charge in [-0.1, -0.05) is 24.3 Å². The summed E-state index contributed by atoms with van der Waals surface area (Å²) in [5.74, 6) is -0.121. The van der Waals surface area contributed by atoms with E-state index in [4.69, 9.17) is 14.5 Å². The van der Waals surface area contributed by atoms with E-state index in [0.29, 0.717) is 17.7 Å². The molecule has 0 spiro atoms. The molecular formula is C24H23N3O4. The molecule has 2 aromatic heterocycles. The van der Waals surface area contributed by atoms with Crippen LogP contribution in [0.3, 0.4) is 0 Å². The summed E-state index contributed by atoms with van der Waals surface area (Å²) < 4.78 is 12.1. The number of fused-ring (bicyclic) bond motifs is 3. The van der Waals surface area contributed by atoms with E-state index in [1.165, 1.54) is 7.11 Å². The molecule has 0 N–H and O–H groups in total. The van der Waals surface area contributed by atoms with E-state index in [1.54, 1.807) is 24.3 Å². The molecule has 0 fully saturated rings. The summed E-state index contributed by atoms with van der Waals surface area (Å²) in [6.45, 7) is 3.61. The van der Waals surface area contributed by atoms with Crippen molar-refractivity contribution in [2.24, 2.45) is 0 Å². The Morgan fingerprint density at radius 1 is 1.06 bits per heavy atom. The number of ether oxygens (including phenoxy) is 2. The van der Waals surface area contributed by atoms with Crippen LogP contribution in [0.2, 0.25) is 0 Å². The fourth-order valence-electron chi connectivity index (χ4n) is 3.66. The molecule has 0 atom stereocenters. The molecule has 0 aliphatic carbocycles. The smallest absolute Gasteiger partial charge is 0.306 e. The second-order valence-electron chi connectivity index (χ2n) is 7.33. The Labute approximate surface area is 179 Å². The van der Waals surface area contributed by atoms with Crippen molar-refractivity contribution >= 4 is 28.3 Å². The Balaban J connectivity index is 1.43. The molecule has 0 saturated heterocycles. The SMILES string of the molecule is COc1cccc(C(=O)COC(=O)CCc2c(C)nc3c4ccccc4nn3c2C)c1. The van der Waals surface area contributed by atoms with Gasteiger partial charge in [0.25, 0.3) is 0 Å². The number of aryl methyl sites for hydroxylation is 2. The average molecular weight is 417 g/mol. The minimum atomic E-state index is -0.430. The second-order valence-corrected chi connectivity index (χ2v) is 7.33. The number of aromatic nitrogens is 3. The van der Waals surface area contributed by atoms with Crippen LogP contribution in [-0.2, 0) is 16.0 Å². The van der Waals surface area contributed by atoms with Gasteiger partial charge in [-0.25, -0.2) is 9.50 Å². The van der Waals surface area contributed by atoms with Gasteiger partial charge in [-0.15, -0.1) is 0 Å². The number of hydrogen-bond donors (Lipinski definition) is 0. The van der Waals surface area contributed by atoms with Gasteiger partial charge in [0.1, 0.15) is 5.75 Å². The third-order valence-corrected chi connectivity index (χ3v) is 5.35. The Kier molecular flexibility index (Phi) is 5.66. The predicted molar refractivity (Wildman–Crippen MR) is 117 cm³/mol. The van der Waals surface area contributed by atoms with Crippen LogP contribution in [0.25, 0.3) is 16.6 Å². The Hall–Kier alpha value is -3.74. The number of ketones is 1. The highest BCUT2D eigenvalue weighted by Gasteiger charge is 2.16. The molecule has 2 heterocycles. The zero-order valence-electron chi connectivity index (χ0n) is 17.7. The minimum absolute atomic E-state index is 0.154. The first kappa shape index (κ1) is 20.5. The third-order valence-electron chi connectivity index (χ3n) is 5.35. The fraction of sp³-hybridized carbons (Fsp3) is 0.250. The van der Waals surface area contributed by atoms with Gasteiger partial charge < -0.3 is 9.47 Å². The maximum absolute atomic E-state index is 12.3. The van der Waals surface area contributed by atoms with Crippen LogP contribution in [0.5, 0.6) is 5.75 Å². The molecule has 0 radical (unpaired) electrons. The van der Waals surface area contributed by atoms with Crippen molar-refractivity contribution < 1.29 is 19.1 Å². The maximum Gasteiger partial charge on any atom is 0.306 e. The van der Waals surface area contributed by atoms with Crippen molar-refractivity contribution in [3.63, 3.8) is 0 Å². The van der Waals surface area contributed by atoms with Crippen LogP contribution in [0.15, 0.2) is 48.5 Å². The molecule has 7 heteroatoms. The summed E-state index contributed by atoms with van der Waals surface area (Å²) >= 11 is 0. The molecule has 4 aromatic rings. The van der Waals surface area contributed by atoms with Crippen molar-refractivity contribution in [1.29, 1.82) is 0 Å². The quantitative estimate of drug-likeness (QED) is 0.335. The van der Waals surface area contributed by atoms with Crippen LogP contribution in [0.4, 0.5) is 0 Å². The summed E-state index contributed by atoms with van der Waals surface area (Å²) in [4.78, 5) is 29.3. The highest BCUT2D eigenvalue weighted by molar-refractivity contribution is 5.98. The summed E-state index contributed by atoms with van der Waals surface area (Å²) in [5, 5.41) is 5.63. The fourth-order valence-corrected chi connectivity index (χ4v) is 3.66. The van der Waals surface area contributed by atoms with Crippen LogP contribution in [-0.4, -0.2) is 40.1 Å². The van der Waals surface area contributed by atoms with Gasteiger partial charge in [0.2, 0.25) is 0 Å². The van der Waals surface area contributed by atoms with E-state index in [1.807, 2.05) is 42.6 Å². The van der Waals surface area contributed by atoms with Crippen LogP contribution in [0.1, 0.15) is 33.7 Å². The molecule has 2 aromatic carbocycles. The maximum atomic E-state index is 12.3. The summed E-state index contributed by atoms with van der Waals surface area (Å²) in [7, 11) is 1.53. The highest BCUT2D eigenvalue weighted by atomic mass is 16.5. The topological polar surface area (TPSA) is 82.8 Å². The van der Waals surface area contributed by atoms with E-state index >= 15 is 0 Å². The first-order chi connectivity index (χ1) is 15.0. The molecule has 31 heavy (non-hydrogen) atoms. The lowest BCUT2D eigenvalue weighted by Gasteiger charge is -2.11. The first-order valence-corrected chi connectivity index (χ1v) is 10.0. The van der Waals surface area contributed by atoms with Crippen LogP contribution in [0, 0.1) is 13.8 Å². The van der Waals surface area contributed by atoms with Crippen molar-refractivity contribution in [1.82, 2.24) is 14.6 Å². The number of carbonyl (C=O) groups excluding carboxylic acids is 2. The Morgan fingerprint density at radius 3 is 2.68 bits per heavy atom. The highest BCUT2D eigenvalue weighted by Crippen LogP contribution is 2.23. The molecule has 0 aliphatic heterocycles. The van der Waals surface area contributed by atoms with E-state index in [0.717, 1.165) is 33.5 Å². The van der Waals surface area contributed by atoms with Gasteiger partial charge in [-0.05, 0) is 50.1 Å². The van der Waals surface area contributed by atoms with Crippen molar-refractivity contribution in [3.05, 3.63) is 71.0 Å². The lowest BCUT2D eigenvalue weighted by Crippen LogP contribution is -2.15. The first-order valence-electron chi connectivity index (χ1n) is 10.0. The number of methoxy groups -OCH3 is 1. The largest absolute Gasteiger partial charge is 0.497 e. The summed E-state index contributed by atoms with van der Waals surface area (Å²) in [6, 6.07) is 14.6. The van der Waals surface area contributed by atoms with E-state index in [2.05, 4.69) is 5.10 Å². The normalized spacial score (nSPS) is 11.1. The van der Waals surface area contributed by atoms with Gasteiger partial charge >= 0.3 is 5.97 Å². The van der Waals surface area contributed by atoms with Crippen LogP contribution < -0.4 is 4.74 Å². The van der Waals surface area contributed by atoms with Crippen LogP contribution >= 0.6 is 0 Å². The molecule has 0 bridgehead atoms. The van der Waals surface area contributed by atoms with Gasteiger partial charge in [0.15, 0.2) is 18.0 Å². The molecule has 0 amide bonds. The summed E-state index contributed by atoms with van der Waals surface area (Å²) in [5.41, 5.74) is 4.89. The second kappa shape index (κ2) is 8.55. The monoisotopic (exact) mass is 417 g/mol. The zero-order chi connectivity index (χ0) is 22.0. The van der Waals surface area contributed by atoms with Crippen molar-refractivity contribution in [2.45, 2.75) is 26.7 Å². The standard InChI is InChI=1S/C24H23N3O4/c1-15-19(16(2)27-24(25-15)20-9-4-5-10-21(20)26-27)11-12-23(29)31-14-22(28)17-7-6-8-18(13-17)30-3/h4-10,13H,11-12,14H2,1-3H3. The van der Waals surface area contributed by atoms with E-state index in [-0.39, 0.29) is 18.8 Å². The van der Waals surface area contributed by atoms with Gasteiger partial charge in [-0.2, -0.15) is 5.10 Å². The lowest BCUT2D eigenvalue weighted by atomic mass is 10.1. The average Bonchev–Trinajstić information content (AvgIpc) is 3.16. The number of Topliss-reactive ketones (excluding diaryl/α,β-unsaturated/α-hetero) is 1. The lowest BCUT2D eigenvalue weighted by molar-refractivity contribution is -0.142. The van der Waals surface area contributed by atoms with Gasteiger partial charge in [0, 0.05) is 28.8 Å². The number of carbonyl (C=O) groups is 2. The van der Waals surface area contributed by atoms with Gasteiger partial charge in [0.05, 0.1) is 12.6 Å². The minimum Gasteiger partial charge on any atom is -0.497 e. The molecule has 0 saturated carbocycles. The molecule has 0 unspecified atom stereocenters.